The van der Waals surface area contributed by atoms with Crippen LogP contribution in [-0.2, 0) is 27.2 Å². The SMILES string of the molecule is COc1cc(OC)cc(-c2c(CN)c(NCc3cccc(-n4cccc4)c3)nc3c2c(=O)n(C)c(=O)n3C)c1. The number of nitrogens with zero attached hydrogens (tertiary/aromatic N) is 4. The fourth-order valence-electron chi connectivity index (χ4n) is 4.76. The molecule has 3 aromatic heterocycles. The van der Waals surface area contributed by atoms with E-state index < -0.39 is 11.2 Å². The number of nitrogens with one attached hydrogen (secondary N) is 1. The average Bonchev–Trinajstić information content (AvgIpc) is 3.52. The Labute approximate surface area is 224 Å². The van der Waals surface area contributed by atoms with Crippen LogP contribution in [0.5, 0.6) is 11.5 Å². The Kier molecular flexibility index (Phi) is 6.95. The number of nitrogens with two attached hydrogens (primary N) is 1. The lowest BCUT2D eigenvalue weighted by atomic mass is 9.96. The first-order valence-corrected chi connectivity index (χ1v) is 12.4. The summed E-state index contributed by atoms with van der Waals surface area (Å²) in [4.78, 5) is 31.1. The van der Waals surface area contributed by atoms with Crippen LogP contribution in [0.2, 0.25) is 0 Å². The second-order valence-electron chi connectivity index (χ2n) is 9.14. The highest BCUT2D eigenvalue weighted by Crippen LogP contribution is 2.37. The van der Waals surface area contributed by atoms with Crippen molar-refractivity contribution in [2.45, 2.75) is 13.1 Å². The molecular formula is C29H30N6O4. The fraction of sp³-hybridized carbons (Fsp3) is 0.207. The van der Waals surface area contributed by atoms with Gasteiger partial charge >= 0.3 is 5.69 Å². The van der Waals surface area contributed by atoms with E-state index in [9.17, 15) is 9.59 Å². The molecule has 200 valence electrons. The maximum Gasteiger partial charge on any atom is 0.332 e. The van der Waals surface area contributed by atoms with Crippen LogP contribution in [0.3, 0.4) is 0 Å². The normalized spacial score (nSPS) is 11.1. The number of hydrogen-bond acceptors (Lipinski definition) is 7. The van der Waals surface area contributed by atoms with Gasteiger partial charge in [0.05, 0.1) is 19.6 Å². The van der Waals surface area contributed by atoms with Crippen molar-refractivity contribution in [1.82, 2.24) is 18.7 Å². The lowest BCUT2D eigenvalue weighted by molar-refractivity contribution is 0.394. The maximum absolute atomic E-state index is 13.5. The molecule has 2 aromatic carbocycles. The second kappa shape index (κ2) is 10.5. The Balaban J connectivity index is 1.72. The molecule has 0 spiro atoms. The number of ether oxygens (including phenoxy) is 2. The van der Waals surface area contributed by atoms with Gasteiger partial charge in [0.1, 0.15) is 17.3 Å². The summed E-state index contributed by atoms with van der Waals surface area (Å²) in [6, 6.07) is 17.4. The lowest BCUT2D eigenvalue weighted by Gasteiger charge is -2.20. The van der Waals surface area contributed by atoms with Crippen molar-refractivity contribution in [3.05, 3.63) is 99.0 Å². The third kappa shape index (κ3) is 4.66. The molecule has 10 heteroatoms. The van der Waals surface area contributed by atoms with Crippen LogP contribution in [0.1, 0.15) is 11.1 Å². The molecule has 0 aliphatic carbocycles. The van der Waals surface area contributed by atoms with Crippen molar-refractivity contribution in [3.63, 3.8) is 0 Å². The van der Waals surface area contributed by atoms with Gasteiger partial charge in [0.2, 0.25) is 0 Å². The second-order valence-corrected chi connectivity index (χ2v) is 9.14. The Morgan fingerprint density at radius 3 is 2.26 bits per heavy atom. The van der Waals surface area contributed by atoms with Gasteiger partial charge in [-0.05, 0) is 47.5 Å². The van der Waals surface area contributed by atoms with Crippen LogP contribution in [0, 0.1) is 0 Å². The number of anilines is 1. The Morgan fingerprint density at radius 2 is 1.62 bits per heavy atom. The van der Waals surface area contributed by atoms with Crippen molar-refractivity contribution < 1.29 is 9.47 Å². The molecule has 0 aliphatic heterocycles. The van der Waals surface area contributed by atoms with Gasteiger partial charge in [-0.1, -0.05) is 12.1 Å². The van der Waals surface area contributed by atoms with Gasteiger partial charge in [-0.15, -0.1) is 0 Å². The van der Waals surface area contributed by atoms with Crippen molar-refractivity contribution in [3.8, 4) is 28.3 Å². The van der Waals surface area contributed by atoms with Gasteiger partial charge in [0.25, 0.3) is 5.56 Å². The summed E-state index contributed by atoms with van der Waals surface area (Å²) in [5.41, 5.74) is 9.54. The molecule has 0 aliphatic rings. The number of aryl methyl sites for hydroxylation is 1. The number of hydrogen-bond donors (Lipinski definition) is 2. The van der Waals surface area contributed by atoms with Crippen molar-refractivity contribution in [2.24, 2.45) is 19.8 Å². The molecule has 0 fully saturated rings. The number of pyridine rings is 1. The lowest BCUT2D eigenvalue weighted by Crippen LogP contribution is -2.38. The first kappa shape index (κ1) is 25.8. The zero-order chi connectivity index (χ0) is 27.7. The third-order valence-electron chi connectivity index (χ3n) is 6.81. The van der Waals surface area contributed by atoms with Gasteiger partial charge < -0.3 is 25.1 Å². The highest BCUT2D eigenvalue weighted by molar-refractivity contribution is 5.97. The molecule has 0 unspecified atom stereocenters. The van der Waals surface area contributed by atoms with E-state index in [2.05, 4.69) is 11.4 Å². The van der Waals surface area contributed by atoms with Crippen LogP contribution in [-0.4, -0.2) is 32.9 Å². The van der Waals surface area contributed by atoms with E-state index in [0.717, 1.165) is 15.8 Å². The summed E-state index contributed by atoms with van der Waals surface area (Å²) in [6.07, 6.45) is 3.97. The minimum Gasteiger partial charge on any atom is -0.497 e. The fourth-order valence-corrected chi connectivity index (χ4v) is 4.76. The van der Waals surface area contributed by atoms with Crippen molar-refractivity contribution >= 4 is 16.9 Å². The van der Waals surface area contributed by atoms with E-state index in [4.69, 9.17) is 20.2 Å². The summed E-state index contributed by atoms with van der Waals surface area (Å²) in [5, 5.41) is 3.69. The largest absolute Gasteiger partial charge is 0.497 e. The molecule has 0 bridgehead atoms. The van der Waals surface area contributed by atoms with E-state index in [1.165, 1.54) is 11.6 Å². The molecule has 0 saturated carbocycles. The minimum atomic E-state index is -0.472. The Morgan fingerprint density at radius 1 is 0.923 bits per heavy atom. The molecule has 39 heavy (non-hydrogen) atoms. The number of fused-ring (bicyclic) bond motifs is 1. The van der Waals surface area contributed by atoms with Crippen LogP contribution in [0.25, 0.3) is 27.8 Å². The summed E-state index contributed by atoms with van der Waals surface area (Å²) in [7, 11) is 6.17. The predicted octanol–water partition coefficient (Wildman–Crippen LogP) is 3.18. The van der Waals surface area contributed by atoms with Crippen molar-refractivity contribution in [2.75, 3.05) is 19.5 Å². The smallest absolute Gasteiger partial charge is 0.332 e. The van der Waals surface area contributed by atoms with Crippen molar-refractivity contribution in [1.29, 1.82) is 0 Å². The molecule has 3 N–H and O–H groups in total. The number of rotatable bonds is 8. The molecule has 3 heterocycles. The monoisotopic (exact) mass is 526 g/mol. The first-order valence-electron chi connectivity index (χ1n) is 12.4. The Hall–Kier alpha value is -4.83. The molecule has 5 aromatic rings. The van der Waals surface area contributed by atoms with Gasteiger partial charge in [-0.2, -0.15) is 0 Å². The van der Waals surface area contributed by atoms with E-state index >= 15 is 0 Å². The first-order chi connectivity index (χ1) is 18.9. The molecule has 5 rings (SSSR count). The average molecular weight is 527 g/mol. The van der Waals surface area contributed by atoms with E-state index in [-0.39, 0.29) is 17.6 Å². The van der Waals surface area contributed by atoms with Crippen LogP contribution >= 0.6 is 0 Å². The summed E-state index contributed by atoms with van der Waals surface area (Å²) in [6.45, 7) is 0.538. The zero-order valence-electron chi connectivity index (χ0n) is 22.3. The molecule has 0 radical (unpaired) electrons. The van der Waals surface area contributed by atoms with Crippen LogP contribution < -0.4 is 31.8 Å². The highest BCUT2D eigenvalue weighted by atomic mass is 16.5. The maximum atomic E-state index is 13.5. The summed E-state index contributed by atoms with van der Waals surface area (Å²) < 4.78 is 15.5. The van der Waals surface area contributed by atoms with Gasteiger partial charge in [0, 0.05) is 62.5 Å². The van der Waals surface area contributed by atoms with E-state index in [1.807, 2.05) is 59.4 Å². The highest BCUT2D eigenvalue weighted by Gasteiger charge is 2.23. The van der Waals surface area contributed by atoms with Crippen LogP contribution in [0.15, 0.2) is 76.6 Å². The third-order valence-corrected chi connectivity index (χ3v) is 6.81. The van der Waals surface area contributed by atoms with Gasteiger partial charge in [-0.3, -0.25) is 13.9 Å². The molecule has 0 atom stereocenters. The number of aromatic nitrogens is 4. The molecule has 10 nitrogen and oxygen atoms in total. The Bertz CT molecular complexity index is 1760. The topological polar surface area (TPSA) is 118 Å². The van der Waals surface area contributed by atoms with Gasteiger partial charge in [-0.25, -0.2) is 9.78 Å². The van der Waals surface area contributed by atoms with E-state index in [1.54, 1.807) is 27.3 Å². The number of methoxy groups -OCH3 is 2. The van der Waals surface area contributed by atoms with E-state index in [0.29, 0.717) is 40.6 Å². The molecular weight excluding hydrogens is 496 g/mol. The zero-order valence-corrected chi connectivity index (χ0v) is 22.3. The standard InChI is InChI=1S/C29H30N6O4/c1-33-27-25(28(36)34(2)29(33)37)24(19-13-21(38-3)15-22(14-19)39-4)23(16-30)26(32-27)31-17-18-8-7-9-20(12-18)35-10-5-6-11-35/h5-15H,16-17,30H2,1-4H3,(H,31,32). The minimum absolute atomic E-state index is 0.0928. The summed E-state index contributed by atoms with van der Waals surface area (Å²) in [5.74, 6) is 1.59. The molecule has 0 amide bonds. The van der Waals surface area contributed by atoms with Gasteiger partial charge in [0.15, 0.2) is 5.65 Å². The number of benzene rings is 2. The quantitative estimate of drug-likeness (QED) is 0.319. The molecule has 0 saturated heterocycles. The summed E-state index contributed by atoms with van der Waals surface area (Å²) >= 11 is 0. The van der Waals surface area contributed by atoms with Crippen LogP contribution in [0.4, 0.5) is 5.82 Å². The predicted molar refractivity (Wildman–Crippen MR) is 152 cm³/mol.